The third-order valence-corrected chi connectivity index (χ3v) is 2.28. The number of benzene rings is 1. The summed E-state index contributed by atoms with van der Waals surface area (Å²) >= 11 is 4.15. The van der Waals surface area contributed by atoms with Gasteiger partial charge in [-0.25, -0.2) is 0 Å². The summed E-state index contributed by atoms with van der Waals surface area (Å²) in [6, 6.07) is 8.51. The van der Waals surface area contributed by atoms with Gasteiger partial charge in [0.05, 0.1) is 0 Å². The predicted octanol–water partition coefficient (Wildman–Crippen LogP) is 2.52. The van der Waals surface area contributed by atoms with Gasteiger partial charge in [0.2, 0.25) is 0 Å². The van der Waals surface area contributed by atoms with Crippen LogP contribution in [0.25, 0.3) is 6.08 Å². The highest BCUT2D eigenvalue weighted by Crippen LogP contribution is 2.07. The van der Waals surface area contributed by atoms with Crippen molar-refractivity contribution < 1.29 is 0 Å². The Kier molecular flexibility index (Phi) is 5.42. The van der Waals surface area contributed by atoms with Gasteiger partial charge in [0.1, 0.15) is 0 Å². The van der Waals surface area contributed by atoms with E-state index in [1.165, 1.54) is 11.1 Å². The molecule has 0 saturated heterocycles. The summed E-state index contributed by atoms with van der Waals surface area (Å²) < 4.78 is 0. The molecule has 0 aliphatic carbocycles. The van der Waals surface area contributed by atoms with E-state index in [0.29, 0.717) is 0 Å². The summed E-state index contributed by atoms with van der Waals surface area (Å²) in [5.74, 6) is 0.905. The summed E-state index contributed by atoms with van der Waals surface area (Å²) in [6.45, 7) is 0.717. The molecule has 0 atom stereocenters. The average molecular weight is 207 g/mol. The first-order chi connectivity index (χ1) is 6.86. The van der Waals surface area contributed by atoms with Crippen LogP contribution in [0.1, 0.15) is 17.5 Å². The monoisotopic (exact) mass is 207 g/mol. The molecule has 2 N–H and O–H groups in total. The zero-order valence-corrected chi connectivity index (χ0v) is 9.21. The van der Waals surface area contributed by atoms with Crippen LogP contribution in [0.4, 0.5) is 0 Å². The molecular formula is C12H17NS. The summed E-state index contributed by atoms with van der Waals surface area (Å²) in [5, 5.41) is 0. The minimum absolute atomic E-state index is 0.717. The second-order valence-corrected chi connectivity index (χ2v) is 3.64. The van der Waals surface area contributed by atoms with E-state index >= 15 is 0 Å². The second kappa shape index (κ2) is 6.68. The van der Waals surface area contributed by atoms with Crippen molar-refractivity contribution in [1.82, 2.24) is 0 Å². The topological polar surface area (TPSA) is 26.0 Å². The van der Waals surface area contributed by atoms with Gasteiger partial charge in [-0.15, -0.1) is 0 Å². The van der Waals surface area contributed by atoms with Crippen LogP contribution in [-0.4, -0.2) is 12.3 Å². The van der Waals surface area contributed by atoms with Crippen LogP contribution in [0, 0.1) is 0 Å². The van der Waals surface area contributed by atoms with E-state index in [-0.39, 0.29) is 0 Å². The lowest BCUT2D eigenvalue weighted by Gasteiger charge is -1.98. The third-order valence-electron chi connectivity index (χ3n) is 2.02. The molecule has 1 rings (SSSR count). The van der Waals surface area contributed by atoms with Crippen molar-refractivity contribution in [2.75, 3.05) is 12.3 Å². The highest BCUT2D eigenvalue weighted by Gasteiger charge is 1.90. The van der Waals surface area contributed by atoms with E-state index in [4.69, 9.17) is 5.73 Å². The van der Waals surface area contributed by atoms with Gasteiger partial charge in [-0.05, 0) is 36.3 Å². The molecular weight excluding hydrogens is 190 g/mol. The minimum Gasteiger partial charge on any atom is -0.330 e. The van der Waals surface area contributed by atoms with Crippen LogP contribution in [0.2, 0.25) is 0 Å². The van der Waals surface area contributed by atoms with E-state index in [1.807, 2.05) is 0 Å². The van der Waals surface area contributed by atoms with Crippen molar-refractivity contribution in [3.63, 3.8) is 0 Å². The fourth-order valence-electron chi connectivity index (χ4n) is 1.26. The molecule has 1 aromatic carbocycles. The van der Waals surface area contributed by atoms with Crippen molar-refractivity contribution >= 4 is 18.7 Å². The van der Waals surface area contributed by atoms with E-state index in [1.54, 1.807) is 0 Å². The van der Waals surface area contributed by atoms with Crippen LogP contribution in [0.3, 0.4) is 0 Å². The van der Waals surface area contributed by atoms with Crippen molar-refractivity contribution in [3.05, 3.63) is 41.5 Å². The number of allylic oxidation sites excluding steroid dienone is 1. The van der Waals surface area contributed by atoms with Crippen molar-refractivity contribution in [2.45, 2.75) is 12.8 Å². The van der Waals surface area contributed by atoms with E-state index < -0.39 is 0 Å². The van der Waals surface area contributed by atoms with Gasteiger partial charge in [-0.3, -0.25) is 0 Å². The Hall–Kier alpha value is -0.730. The van der Waals surface area contributed by atoms with Crippen LogP contribution in [0.5, 0.6) is 0 Å². The molecule has 0 bridgehead atoms. The van der Waals surface area contributed by atoms with Crippen molar-refractivity contribution in [1.29, 1.82) is 0 Å². The number of nitrogens with two attached hydrogens (primary N) is 1. The number of rotatable bonds is 5. The van der Waals surface area contributed by atoms with Gasteiger partial charge < -0.3 is 5.73 Å². The molecule has 0 saturated carbocycles. The second-order valence-electron chi connectivity index (χ2n) is 3.19. The minimum atomic E-state index is 0.717. The predicted molar refractivity (Wildman–Crippen MR) is 66.7 cm³/mol. The van der Waals surface area contributed by atoms with Gasteiger partial charge in [-0.2, -0.15) is 12.6 Å². The number of thiol groups is 1. The lowest BCUT2D eigenvalue weighted by Crippen LogP contribution is -2.02. The largest absolute Gasteiger partial charge is 0.330 e. The normalized spacial score (nSPS) is 11.0. The van der Waals surface area contributed by atoms with E-state index in [0.717, 1.165) is 25.1 Å². The molecule has 2 heteroatoms. The van der Waals surface area contributed by atoms with Crippen molar-refractivity contribution in [2.24, 2.45) is 5.73 Å². The summed E-state index contributed by atoms with van der Waals surface area (Å²) in [7, 11) is 0. The number of hydrogen-bond acceptors (Lipinski definition) is 2. The Labute approximate surface area is 91.4 Å². The molecule has 0 radical (unpaired) electrons. The highest BCUT2D eigenvalue weighted by molar-refractivity contribution is 7.80. The Morgan fingerprint density at radius 2 is 1.93 bits per heavy atom. The standard InChI is InChI=1S/C12H17NS/c13-9-8-12-6-4-11(5-7-12)3-1-2-10-14/h1,3-7,14H,2,8-10,13H2. The Morgan fingerprint density at radius 3 is 2.50 bits per heavy atom. The molecule has 0 aliphatic rings. The van der Waals surface area contributed by atoms with Gasteiger partial charge >= 0.3 is 0 Å². The summed E-state index contributed by atoms with van der Waals surface area (Å²) in [5.41, 5.74) is 8.02. The van der Waals surface area contributed by atoms with Crippen LogP contribution in [-0.2, 0) is 6.42 Å². The van der Waals surface area contributed by atoms with E-state index in [9.17, 15) is 0 Å². The molecule has 0 aromatic heterocycles. The van der Waals surface area contributed by atoms with Crippen molar-refractivity contribution in [3.8, 4) is 0 Å². The zero-order chi connectivity index (χ0) is 10.2. The maximum absolute atomic E-state index is 5.47. The average Bonchev–Trinajstić information content (AvgIpc) is 2.21. The molecule has 0 heterocycles. The molecule has 76 valence electrons. The fourth-order valence-corrected chi connectivity index (χ4v) is 1.41. The maximum atomic E-state index is 5.47. The smallest absolute Gasteiger partial charge is 0.00367 e. The SMILES string of the molecule is NCCc1ccc(C=CCCS)cc1. The Morgan fingerprint density at radius 1 is 1.21 bits per heavy atom. The molecule has 0 spiro atoms. The fraction of sp³-hybridized carbons (Fsp3) is 0.333. The first kappa shape index (κ1) is 11.3. The van der Waals surface area contributed by atoms with Gasteiger partial charge in [0.25, 0.3) is 0 Å². The van der Waals surface area contributed by atoms with Crippen LogP contribution < -0.4 is 5.73 Å². The van der Waals surface area contributed by atoms with E-state index in [2.05, 4.69) is 49.0 Å². The quantitative estimate of drug-likeness (QED) is 0.713. The summed E-state index contributed by atoms with van der Waals surface area (Å²) in [6.07, 6.45) is 6.25. The molecule has 0 fully saturated rings. The molecule has 14 heavy (non-hydrogen) atoms. The van der Waals surface area contributed by atoms with Crippen LogP contribution >= 0.6 is 12.6 Å². The maximum Gasteiger partial charge on any atom is -0.00367 e. The molecule has 0 unspecified atom stereocenters. The van der Waals surface area contributed by atoms with Gasteiger partial charge in [0.15, 0.2) is 0 Å². The molecule has 1 nitrogen and oxygen atoms in total. The third kappa shape index (κ3) is 3.99. The molecule has 0 aliphatic heterocycles. The van der Waals surface area contributed by atoms with Gasteiger partial charge in [0, 0.05) is 0 Å². The Balaban J connectivity index is 2.54. The lowest BCUT2D eigenvalue weighted by molar-refractivity contribution is 0.969. The number of hydrogen-bond donors (Lipinski definition) is 2. The first-order valence-corrected chi connectivity index (χ1v) is 5.56. The lowest BCUT2D eigenvalue weighted by atomic mass is 10.1. The highest BCUT2D eigenvalue weighted by atomic mass is 32.1. The molecule has 1 aromatic rings. The first-order valence-electron chi connectivity index (χ1n) is 4.93. The summed E-state index contributed by atoms with van der Waals surface area (Å²) in [4.78, 5) is 0. The zero-order valence-electron chi connectivity index (χ0n) is 8.32. The van der Waals surface area contributed by atoms with Gasteiger partial charge in [-0.1, -0.05) is 36.4 Å². The Bertz CT molecular complexity index is 277. The van der Waals surface area contributed by atoms with Crippen LogP contribution in [0.15, 0.2) is 30.3 Å². The molecule has 0 amide bonds.